The van der Waals surface area contributed by atoms with Crippen LogP contribution >= 0.6 is 11.8 Å². The maximum Gasteiger partial charge on any atom is 0.283 e. The molecule has 0 aromatic heterocycles. The summed E-state index contributed by atoms with van der Waals surface area (Å²) in [6.45, 7) is 0. The van der Waals surface area contributed by atoms with Crippen LogP contribution in [-0.2, 0) is 5.75 Å². The first-order chi connectivity index (χ1) is 10.2. The Kier molecular flexibility index (Phi) is 5.20. The molecule has 0 unspecified atom stereocenters. The van der Waals surface area contributed by atoms with Crippen molar-refractivity contribution in [1.82, 2.24) is 0 Å². The smallest absolute Gasteiger partial charge is 0.283 e. The van der Waals surface area contributed by atoms with Crippen molar-refractivity contribution >= 4 is 28.4 Å². The van der Waals surface area contributed by atoms with Crippen LogP contribution in [0.25, 0.3) is 10.4 Å². The Morgan fingerprint density at radius 2 is 1.86 bits per heavy atom. The fraction of sp³-hybridized carbons (Fsp3) is 0.0714. The zero-order valence-corrected chi connectivity index (χ0v) is 11.7. The predicted molar refractivity (Wildman–Crippen MR) is 82.0 cm³/mol. The van der Waals surface area contributed by atoms with Crippen LogP contribution in [-0.4, -0.2) is 5.24 Å². The van der Waals surface area contributed by atoms with Gasteiger partial charge in [0.05, 0.1) is 0 Å². The zero-order valence-electron chi connectivity index (χ0n) is 10.9. The lowest BCUT2D eigenvalue weighted by atomic mass is 10.2. The van der Waals surface area contributed by atoms with Gasteiger partial charge in [-0.25, -0.2) is 4.39 Å². The van der Waals surface area contributed by atoms with Gasteiger partial charge < -0.3 is 5.32 Å². The maximum absolute atomic E-state index is 12.7. The highest BCUT2D eigenvalue weighted by molar-refractivity contribution is 8.13. The summed E-state index contributed by atoms with van der Waals surface area (Å²) in [6, 6.07) is 12.5. The number of thioether (sulfide) groups is 1. The number of rotatable bonds is 4. The van der Waals surface area contributed by atoms with Crippen molar-refractivity contribution in [2.45, 2.75) is 5.75 Å². The second-order valence-electron chi connectivity index (χ2n) is 4.06. The van der Waals surface area contributed by atoms with Gasteiger partial charge in [-0.15, -0.1) is 0 Å². The lowest BCUT2D eigenvalue weighted by Crippen LogP contribution is -2.05. The van der Waals surface area contributed by atoms with Crippen LogP contribution in [0.15, 0.2) is 53.6 Å². The predicted octanol–water partition coefficient (Wildman–Crippen LogP) is 5.23. The van der Waals surface area contributed by atoms with Crippen LogP contribution < -0.4 is 5.32 Å². The van der Waals surface area contributed by atoms with Crippen molar-refractivity contribution < 1.29 is 9.18 Å². The summed E-state index contributed by atoms with van der Waals surface area (Å²) in [4.78, 5) is 14.4. The number of carbonyl (C=O) groups is 1. The van der Waals surface area contributed by atoms with Crippen molar-refractivity contribution in [3.05, 3.63) is 70.4 Å². The lowest BCUT2D eigenvalue weighted by Gasteiger charge is -2.05. The highest BCUT2D eigenvalue weighted by Crippen LogP contribution is 2.19. The van der Waals surface area contributed by atoms with Gasteiger partial charge in [0.25, 0.3) is 5.24 Å². The molecular weight excluding hydrogens is 291 g/mol. The normalized spacial score (nSPS) is 9.76. The number of halogens is 1. The fourth-order valence-corrected chi connectivity index (χ4v) is 2.23. The Bertz CT molecular complexity index is 666. The molecule has 0 aliphatic heterocycles. The molecule has 21 heavy (non-hydrogen) atoms. The molecule has 1 amide bonds. The molecule has 106 valence electrons. The molecule has 2 aromatic carbocycles. The highest BCUT2D eigenvalue weighted by atomic mass is 32.2. The summed E-state index contributed by atoms with van der Waals surface area (Å²) >= 11 is 1.10. The molecule has 0 fully saturated rings. The molecule has 0 atom stereocenters. The third kappa shape index (κ3) is 4.83. The van der Waals surface area contributed by atoms with Crippen molar-refractivity contribution in [2.24, 2.45) is 5.11 Å². The number of carbonyl (C=O) groups excluding carboxylic acids is 1. The van der Waals surface area contributed by atoms with E-state index < -0.39 is 0 Å². The first-order valence-corrected chi connectivity index (χ1v) is 6.99. The van der Waals surface area contributed by atoms with E-state index in [1.807, 2.05) is 0 Å². The van der Waals surface area contributed by atoms with Crippen LogP contribution in [0.4, 0.5) is 20.6 Å². The van der Waals surface area contributed by atoms with Crippen molar-refractivity contribution in [1.29, 1.82) is 0 Å². The second-order valence-corrected chi connectivity index (χ2v) is 5.01. The minimum atomic E-state index is -0.347. The fourth-order valence-electron chi connectivity index (χ4n) is 1.55. The van der Waals surface area contributed by atoms with Crippen molar-refractivity contribution in [3.8, 4) is 0 Å². The first kappa shape index (κ1) is 14.9. The van der Waals surface area contributed by atoms with Gasteiger partial charge in [-0.2, -0.15) is 0 Å². The average molecular weight is 302 g/mol. The Morgan fingerprint density at radius 1 is 1.19 bits per heavy atom. The molecule has 1 N–H and O–H groups in total. The average Bonchev–Trinajstić information content (AvgIpc) is 2.49. The standard InChI is InChI=1S/C14H11FN4OS/c15-11-3-7-12(8-4-11)17-14(20)21-9-10-1-5-13(6-2-10)18-19-16/h1-8H,9H2,(H,17,20). The largest absolute Gasteiger partial charge is 0.317 e. The van der Waals surface area contributed by atoms with Gasteiger partial charge in [-0.3, -0.25) is 4.79 Å². The van der Waals surface area contributed by atoms with E-state index in [1.165, 1.54) is 24.3 Å². The zero-order chi connectivity index (χ0) is 15.1. The number of hydrogen-bond donors (Lipinski definition) is 1. The van der Waals surface area contributed by atoms with Crippen LogP contribution in [0.3, 0.4) is 0 Å². The molecule has 0 saturated carbocycles. The molecular formula is C14H11FN4OS. The van der Waals surface area contributed by atoms with E-state index in [0.29, 0.717) is 17.1 Å². The van der Waals surface area contributed by atoms with Crippen LogP contribution in [0.5, 0.6) is 0 Å². The number of benzene rings is 2. The third-order valence-electron chi connectivity index (χ3n) is 2.56. The molecule has 0 radical (unpaired) electrons. The van der Waals surface area contributed by atoms with E-state index >= 15 is 0 Å². The monoisotopic (exact) mass is 302 g/mol. The van der Waals surface area contributed by atoms with E-state index in [1.54, 1.807) is 24.3 Å². The highest BCUT2D eigenvalue weighted by Gasteiger charge is 2.04. The molecule has 5 nitrogen and oxygen atoms in total. The number of azide groups is 1. The maximum atomic E-state index is 12.7. The van der Waals surface area contributed by atoms with Crippen molar-refractivity contribution in [2.75, 3.05) is 5.32 Å². The molecule has 2 rings (SSSR count). The number of nitrogens with zero attached hydrogens (tertiary/aromatic N) is 3. The van der Waals surface area contributed by atoms with E-state index in [4.69, 9.17) is 5.53 Å². The summed E-state index contributed by atoms with van der Waals surface area (Å²) < 4.78 is 12.7. The minimum absolute atomic E-state index is 0.222. The molecule has 0 spiro atoms. The summed E-state index contributed by atoms with van der Waals surface area (Å²) in [5.74, 6) is 0.143. The van der Waals surface area contributed by atoms with Gasteiger partial charge in [0, 0.05) is 22.0 Å². The molecule has 0 bridgehead atoms. The summed E-state index contributed by atoms with van der Waals surface area (Å²) in [6.07, 6.45) is 0. The van der Waals surface area contributed by atoms with E-state index in [9.17, 15) is 9.18 Å². The topological polar surface area (TPSA) is 77.9 Å². The van der Waals surface area contributed by atoms with Gasteiger partial charge in [-0.05, 0) is 35.4 Å². The quantitative estimate of drug-likeness (QED) is 0.476. The summed E-state index contributed by atoms with van der Waals surface area (Å²) in [5, 5.41) is 5.91. The Balaban J connectivity index is 1.86. The number of hydrogen-bond acceptors (Lipinski definition) is 3. The third-order valence-corrected chi connectivity index (χ3v) is 3.40. The van der Waals surface area contributed by atoms with Gasteiger partial charge in [0.15, 0.2) is 0 Å². The van der Waals surface area contributed by atoms with E-state index in [-0.39, 0.29) is 11.1 Å². The Labute approximate surface area is 124 Å². The number of amides is 1. The first-order valence-electron chi connectivity index (χ1n) is 6.01. The molecule has 7 heteroatoms. The van der Waals surface area contributed by atoms with Gasteiger partial charge in [-0.1, -0.05) is 41.1 Å². The number of nitrogens with one attached hydrogen (secondary N) is 1. The molecule has 0 saturated heterocycles. The van der Waals surface area contributed by atoms with Crippen molar-refractivity contribution in [3.63, 3.8) is 0 Å². The van der Waals surface area contributed by atoms with E-state index in [0.717, 1.165) is 17.3 Å². The lowest BCUT2D eigenvalue weighted by molar-refractivity contribution is 0.269. The van der Waals surface area contributed by atoms with Gasteiger partial charge in [0.1, 0.15) is 5.82 Å². The van der Waals surface area contributed by atoms with Crippen LogP contribution in [0.2, 0.25) is 0 Å². The summed E-state index contributed by atoms with van der Waals surface area (Å²) in [7, 11) is 0. The number of anilines is 1. The minimum Gasteiger partial charge on any atom is -0.317 e. The summed E-state index contributed by atoms with van der Waals surface area (Å²) in [5.41, 5.74) is 10.3. The molecule has 2 aromatic rings. The van der Waals surface area contributed by atoms with Crippen LogP contribution in [0, 0.1) is 5.82 Å². The second kappa shape index (κ2) is 7.33. The Hall–Kier alpha value is -2.50. The van der Waals surface area contributed by atoms with Gasteiger partial charge in [0.2, 0.25) is 0 Å². The Morgan fingerprint density at radius 3 is 2.48 bits per heavy atom. The molecule has 0 aliphatic rings. The SMILES string of the molecule is [N-]=[N+]=Nc1ccc(CSC(=O)Nc2ccc(F)cc2)cc1. The van der Waals surface area contributed by atoms with Gasteiger partial charge >= 0.3 is 0 Å². The van der Waals surface area contributed by atoms with Crippen LogP contribution in [0.1, 0.15) is 5.56 Å². The van der Waals surface area contributed by atoms with E-state index in [2.05, 4.69) is 15.3 Å². The molecule has 0 aliphatic carbocycles. The molecule has 0 heterocycles.